The third-order valence-electron chi connectivity index (χ3n) is 5.18. The van der Waals surface area contributed by atoms with E-state index in [1.54, 1.807) is 11.8 Å². The van der Waals surface area contributed by atoms with Crippen molar-refractivity contribution >= 4 is 16.9 Å². The number of likely N-dealkylation sites (tertiary alicyclic amines) is 1. The summed E-state index contributed by atoms with van der Waals surface area (Å²) in [6.07, 6.45) is 3.04. The molecule has 1 saturated heterocycles. The number of nitrogens with one attached hydrogen (secondary N) is 1. The smallest absolute Gasteiger partial charge is 0.163 e. The van der Waals surface area contributed by atoms with Crippen molar-refractivity contribution in [1.82, 2.24) is 24.6 Å². The number of anilines is 1. The van der Waals surface area contributed by atoms with Crippen LogP contribution in [0.1, 0.15) is 23.7 Å². The lowest BCUT2D eigenvalue weighted by Crippen LogP contribution is -2.27. The number of aryl methyl sites for hydroxylation is 1. The SMILES string of the molecule is COCc1nc(NCCN2CC[C@@H](c3ccccc3)C2)c2cnn(C)c2n1. The standard InChI is InChI=1S/C20H26N6O/c1-25-20-17(12-22-25)19(23-18(24-20)14-27-2)21-9-11-26-10-8-16(13-26)15-6-4-3-5-7-15/h3-7,12,16H,8-11,13-14H2,1-2H3,(H,21,23,24)/t16-/m1/s1. The van der Waals surface area contributed by atoms with Crippen LogP contribution in [0.2, 0.25) is 0 Å². The summed E-state index contributed by atoms with van der Waals surface area (Å²) in [5.41, 5.74) is 2.27. The molecule has 0 unspecified atom stereocenters. The summed E-state index contributed by atoms with van der Waals surface area (Å²) in [4.78, 5) is 11.7. The van der Waals surface area contributed by atoms with Crippen LogP contribution in [0.25, 0.3) is 11.0 Å². The number of hydrogen-bond acceptors (Lipinski definition) is 6. The van der Waals surface area contributed by atoms with Gasteiger partial charge in [0, 0.05) is 33.8 Å². The molecule has 0 aliphatic carbocycles. The van der Waals surface area contributed by atoms with Gasteiger partial charge in [-0.05, 0) is 24.4 Å². The lowest BCUT2D eigenvalue weighted by Gasteiger charge is -2.17. The molecule has 3 aromatic rings. The zero-order valence-electron chi connectivity index (χ0n) is 15.9. The van der Waals surface area contributed by atoms with Crippen molar-refractivity contribution in [2.75, 3.05) is 38.6 Å². The van der Waals surface area contributed by atoms with Crippen LogP contribution in [0.3, 0.4) is 0 Å². The fourth-order valence-electron chi connectivity index (χ4n) is 3.76. The first-order valence-corrected chi connectivity index (χ1v) is 9.43. The second-order valence-electron chi connectivity index (χ2n) is 7.05. The molecule has 7 heteroatoms. The largest absolute Gasteiger partial charge is 0.377 e. The number of benzene rings is 1. The molecule has 1 aliphatic heterocycles. The molecule has 2 aromatic heterocycles. The first-order valence-electron chi connectivity index (χ1n) is 9.43. The Labute approximate surface area is 159 Å². The lowest BCUT2D eigenvalue weighted by atomic mass is 9.99. The van der Waals surface area contributed by atoms with Gasteiger partial charge >= 0.3 is 0 Å². The van der Waals surface area contributed by atoms with E-state index in [2.05, 4.69) is 55.6 Å². The van der Waals surface area contributed by atoms with Crippen molar-refractivity contribution in [2.24, 2.45) is 7.05 Å². The molecule has 7 nitrogen and oxygen atoms in total. The van der Waals surface area contributed by atoms with Crippen LogP contribution >= 0.6 is 0 Å². The van der Waals surface area contributed by atoms with E-state index in [-0.39, 0.29) is 0 Å². The third-order valence-corrected chi connectivity index (χ3v) is 5.18. The average Bonchev–Trinajstić information content (AvgIpc) is 3.30. The molecule has 0 amide bonds. The Balaban J connectivity index is 1.38. The number of ether oxygens (including phenoxy) is 1. The highest BCUT2D eigenvalue weighted by Crippen LogP contribution is 2.26. The molecular formula is C20H26N6O. The van der Waals surface area contributed by atoms with Crippen LogP contribution in [-0.2, 0) is 18.4 Å². The minimum atomic E-state index is 0.390. The minimum Gasteiger partial charge on any atom is -0.377 e. The molecule has 0 bridgehead atoms. The number of nitrogens with zero attached hydrogens (tertiary/aromatic N) is 5. The number of aromatic nitrogens is 4. The van der Waals surface area contributed by atoms with Gasteiger partial charge in [0.2, 0.25) is 0 Å². The number of rotatable bonds is 7. The topological polar surface area (TPSA) is 68.1 Å². The van der Waals surface area contributed by atoms with Crippen LogP contribution < -0.4 is 5.32 Å². The Morgan fingerprint density at radius 1 is 1.22 bits per heavy atom. The van der Waals surface area contributed by atoms with Gasteiger partial charge < -0.3 is 15.0 Å². The first-order chi connectivity index (χ1) is 13.2. The van der Waals surface area contributed by atoms with Gasteiger partial charge in [-0.1, -0.05) is 30.3 Å². The predicted octanol–water partition coefficient (Wildman–Crippen LogP) is 2.41. The highest BCUT2D eigenvalue weighted by molar-refractivity contribution is 5.86. The zero-order chi connectivity index (χ0) is 18.6. The normalized spacial score (nSPS) is 17.6. The zero-order valence-corrected chi connectivity index (χ0v) is 15.9. The average molecular weight is 366 g/mol. The molecule has 3 heterocycles. The Bertz CT molecular complexity index is 894. The molecule has 1 N–H and O–H groups in total. The monoisotopic (exact) mass is 366 g/mol. The van der Waals surface area contributed by atoms with Crippen LogP contribution in [-0.4, -0.2) is 57.9 Å². The van der Waals surface area contributed by atoms with E-state index in [1.165, 1.54) is 12.0 Å². The molecule has 4 rings (SSSR count). The van der Waals surface area contributed by atoms with Crippen LogP contribution in [0.4, 0.5) is 5.82 Å². The maximum Gasteiger partial charge on any atom is 0.163 e. The molecule has 0 radical (unpaired) electrons. The second-order valence-corrected chi connectivity index (χ2v) is 7.05. The van der Waals surface area contributed by atoms with Gasteiger partial charge in [-0.25, -0.2) is 9.97 Å². The van der Waals surface area contributed by atoms with Gasteiger partial charge in [0.15, 0.2) is 11.5 Å². The Hall–Kier alpha value is -2.51. The van der Waals surface area contributed by atoms with E-state index in [0.717, 1.165) is 43.0 Å². The first kappa shape index (κ1) is 17.9. The molecule has 142 valence electrons. The summed E-state index contributed by atoms with van der Waals surface area (Å²) < 4.78 is 6.97. The van der Waals surface area contributed by atoms with Crippen molar-refractivity contribution in [2.45, 2.75) is 18.9 Å². The van der Waals surface area contributed by atoms with E-state index < -0.39 is 0 Å². The van der Waals surface area contributed by atoms with E-state index in [9.17, 15) is 0 Å². The predicted molar refractivity (Wildman–Crippen MR) is 106 cm³/mol. The number of fused-ring (bicyclic) bond motifs is 1. The molecule has 1 aliphatic rings. The van der Waals surface area contributed by atoms with Crippen LogP contribution in [0.15, 0.2) is 36.5 Å². The summed E-state index contributed by atoms with van der Waals surface area (Å²) >= 11 is 0. The molecule has 1 aromatic carbocycles. The van der Waals surface area contributed by atoms with Gasteiger partial charge in [0.1, 0.15) is 12.4 Å². The van der Waals surface area contributed by atoms with Gasteiger partial charge in [-0.15, -0.1) is 0 Å². The maximum absolute atomic E-state index is 5.20. The maximum atomic E-state index is 5.20. The number of methoxy groups -OCH3 is 1. The fraction of sp³-hybridized carbons (Fsp3) is 0.450. The molecular weight excluding hydrogens is 340 g/mol. The molecule has 27 heavy (non-hydrogen) atoms. The van der Waals surface area contributed by atoms with E-state index in [0.29, 0.717) is 18.3 Å². The van der Waals surface area contributed by atoms with Crippen molar-refractivity contribution in [3.8, 4) is 0 Å². The van der Waals surface area contributed by atoms with Crippen molar-refractivity contribution in [3.63, 3.8) is 0 Å². The van der Waals surface area contributed by atoms with Gasteiger partial charge in [0.05, 0.1) is 11.6 Å². The fourth-order valence-corrected chi connectivity index (χ4v) is 3.76. The summed E-state index contributed by atoms with van der Waals surface area (Å²) in [5, 5.41) is 8.73. The summed E-state index contributed by atoms with van der Waals surface area (Å²) in [7, 11) is 3.55. The van der Waals surface area contributed by atoms with Gasteiger partial charge in [-0.2, -0.15) is 5.10 Å². The van der Waals surface area contributed by atoms with Crippen molar-refractivity contribution in [1.29, 1.82) is 0 Å². The minimum absolute atomic E-state index is 0.390. The Morgan fingerprint density at radius 3 is 2.89 bits per heavy atom. The Kier molecular flexibility index (Phi) is 5.31. The highest BCUT2D eigenvalue weighted by Gasteiger charge is 2.23. The lowest BCUT2D eigenvalue weighted by molar-refractivity contribution is 0.178. The van der Waals surface area contributed by atoms with Crippen LogP contribution in [0, 0.1) is 0 Å². The van der Waals surface area contributed by atoms with Crippen molar-refractivity contribution < 1.29 is 4.74 Å². The van der Waals surface area contributed by atoms with E-state index in [4.69, 9.17) is 4.74 Å². The molecule has 0 spiro atoms. The Morgan fingerprint density at radius 2 is 2.07 bits per heavy atom. The quantitative estimate of drug-likeness (QED) is 0.693. The van der Waals surface area contributed by atoms with Gasteiger partial charge in [-0.3, -0.25) is 4.68 Å². The van der Waals surface area contributed by atoms with Crippen LogP contribution in [0.5, 0.6) is 0 Å². The third kappa shape index (κ3) is 3.94. The van der Waals surface area contributed by atoms with E-state index >= 15 is 0 Å². The van der Waals surface area contributed by atoms with Crippen molar-refractivity contribution in [3.05, 3.63) is 47.9 Å². The summed E-state index contributed by atoms with van der Waals surface area (Å²) in [6, 6.07) is 10.8. The second kappa shape index (κ2) is 8.02. The number of hydrogen-bond donors (Lipinski definition) is 1. The van der Waals surface area contributed by atoms with E-state index in [1.807, 2.05) is 13.2 Å². The summed E-state index contributed by atoms with van der Waals surface area (Å²) in [6.45, 7) is 4.49. The van der Waals surface area contributed by atoms with Gasteiger partial charge in [0.25, 0.3) is 0 Å². The molecule has 1 atom stereocenters. The molecule has 0 saturated carbocycles. The molecule has 1 fully saturated rings. The summed E-state index contributed by atoms with van der Waals surface area (Å²) in [5.74, 6) is 2.14. The highest BCUT2D eigenvalue weighted by atomic mass is 16.5.